The molecule has 0 saturated heterocycles. The number of carbonyl (C=O) groups excluding carboxylic acids is 1. The second-order valence-corrected chi connectivity index (χ2v) is 7.45. The number of aldehydes is 1. The van der Waals surface area contributed by atoms with Crippen molar-refractivity contribution >= 4 is 51.7 Å². The largest absolute Gasteiger partial charge is 0.325 e. The molecule has 0 spiro atoms. The van der Waals surface area contributed by atoms with E-state index >= 15 is 0 Å². The summed E-state index contributed by atoms with van der Waals surface area (Å²) < 4.78 is 3.61. The molecule has 0 unspecified atom stereocenters. The van der Waals surface area contributed by atoms with Gasteiger partial charge in [0.05, 0.1) is 10.4 Å². The van der Waals surface area contributed by atoms with Crippen molar-refractivity contribution < 1.29 is 4.79 Å². The van der Waals surface area contributed by atoms with Gasteiger partial charge in [-0.2, -0.15) is 5.10 Å². The maximum atomic E-state index is 10.9. The summed E-state index contributed by atoms with van der Waals surface area (Å²) in [6.07, 6.45) is 6.61. The molecular weight excluding hydrogens is 368 g/mol. The summed E-state index contributed by atoms with van der Waals surface area (Å²) >= 11 is 3.09. The van der Waals surface area contributed by atoms with E-state index in [0.717, 1.165) is 39.7 Å². The number of hydrogen-bond acceptors (Lipinski definition) is 8. The minimum Gasteiger partial charge on any atom is -0.325 e. The van der Waals surface area contributed by atoms with E-state index in [1.807, 2.05) is 27.3 Å². The molecule has 0 radical (unpaired) electrons. The summed E-state index contributed by atoms with van der Waals surface area (Å²) in [5, 5.41) is 16.3. The Hall–Kier alpha value is -1.97. The van der Waals surface area contributed by atoms with Crippen molar-refractivity contribution in [2.24, 2.45) is 12.1 Å². The zero-order chi connectivity index (χ0) is 19.7. The molecule has 0 amide bonds. The number of carbonyl (C=O) groups is 1. The van der Waals surface area contributed by atoms with E-state index in [4.69, 9.17) is 5.41 Å². The van der Waals surface area contributed by atoms with Gasteiger partial charge in [-0.05, 0) is 26.6 Å². The highest BCUT2D eigenvalue weighted by molar-refractivity contribution is 8.00. The average Bonchev–Trinajstić information content (AvgIpc) is 3.17. The van der Waals surface area contributed by atoms with Gasteiger partial charge in [-0.1, -0.05) is 18.3 Å². The van der Waals surface area contributed by atoms with Crippen LogP contribution in [-0.4, -0.2) is 59.7 Å². The van der Waals surface area contributed by atoms with E-state index in [1.54, 1.807) is 34.6 Å². The number of aryl methyl sites for hydroxylation is 1. The second kappa shape index (κ2) is 10.9. The Bertz CT molecular complexity index is 793. The number of aromatic nitrogens is 2. The first-order chi connectivity index (χ1) is 12.4. The number of rotatable bonds is 8. The fourth-order valence-corrected chi connectivity index (χ4v) is 3.76. The number of hydrazone groups is 1. The first kappa shape index (κ1) is 22.1. The highest BCUT2D eigenvalue weighted by atomic mass is 32.2. The van der Waals surface area contributed by atoms with Crippen LogP contribution in [0.5, 0.6) is 0 Å². The van der Waals surface area contributed by atoms with Crippen molar-refractivity contribution in [2.75, 3.05) is 26.9 Å². The van der Waals surface area contributed by atoms with Crippen molar-refractivity contribution in [3.8, 4) is 0 Å². The summed E-state index contributed by atoms with van der Waals surface area (Å²) in [5.74, 6) is 0. The normalized spacial score (nSPS) is 11.0. The lowest BCUT2D eigenvalue weighted by atomic mass is 10.3. The summed E-state index contributed by atoms with van der Waals surface area (Å²) in [4.78, 5) is 15.3. The molecule has 0 aliphatic carbocycles. The monoisotopic (exact) mass is 394 g/mol. The standard InChI is InChI=1S/C9H9N3OS2.C8H17N3/c1-12-6(4-13)5(3-10)7-8(12)11-9(14-2)15-7;1-5-11(4)10-8(2)6-7-9-3/h3-4,10H,1-2H3;5,9H,1,6-7H2,2-4H3/b;10-8+. The smallest absolute Gasteiger partial charge is 0.167 e. The molecule has 0 atom stereocenters. The Balaban J connectivity index is 0.000000276. The first-order valence-electron chi connectivity index (χ1n) is 7.96. The molecule has 0 aliphatic heterocycles. The van der Waals surface area contributed by atoms with Crippen LogP contribution in [0.3, 0.4) is 0 Å². The number of nitrogens with one attached hydrogen (secondary N) is 2. The van der Waals surface area contributed by atoms with E-state index in [9.17, 15) is 4.79 Å². The number of fused-ring (bicyclic) bond motifs is 1. The Morgan fingerprint density at radius 1 is 1.58 bits per heavy atom. The van der Waals surface area contributed by atoms with E-state index in [1.165, 1.54) is 17.6 Å². The molecule has 2 N–H and O–H groups in total. The van der Waals surface area contributed by atoms with Crippen LogP contribution in [0.25, 0.3) is 10.3 Å². The second-order valence-electron chi connectivity index (χ2n) is 5.40. The molecule has 9 heteroatoms. The van der Waals surface area contributed by atoms with Crippen LogP contribution in [0.15, 0.2) is 22.2 Å². The predicted octanol–water partition coefficient (Wildman–Crippen LogP) is 3.21. The van der Waals surface area contributed by atoms with E-state index < -0.39 is 0 Å². The third-order valence-electron chi connectivity index (χ3n) is 3.55. The van der Waals surface area contributed by atoms with Crippen molar-refractivity contribution in [1.82, 2.24) is 19.9 Å². The SMILES string of the molecule is C=CN(C)/N=C(\C)CCNC.CSc1nc2c(s1)c(C=N)c(C=O)n2C. The lowest BCUT2D eigenvalue weighted by molar-refractivity contribution is 0.111. The number of hydrogen-bond donors (Lipinski definition) is 2. The molecule has 2 rings (SSSR count). The van der Waals surface area contributed by atoms with Gasteiger partial charge in [0.15, 0.2) is 16.3 Å². The third kappa shape index (κ3) is 5.52. The van der Waals surface area contributed by atoms with Crippen LogP contribution < -0.4 is 5.32 Å². The predicted molar refractivity (Wildman–Crippen MR) is 113 cm³/mol. The maximum Gasteiger partial charge on any atom is 0.167 e. The van der Waals surface area contributed by atoms with Crippen LogP contribution in [-0.2, 0) is 7.05 Å². The highest BCUT2D eigenvalue weighted by Crippen LogP contribution is 2.32. The molecule has 0 aliphatic rings. The molecule has 2 aromatic rings. The Kier molecular flexibility index (Phi) is 9.25. The lowest BCUT2D eigenvalue weighted by Crippen LogP contribution is -2.13. The summed E-state index contributed by atoms with van der Waals surface area (Å²) in [7, 11) is 5.60. The number of nitrogens with zero attached hydrogens (tertiary/aromatic N) is 4. The molecule has 0 saturated carbocycles. The molecular formula is C17H26N6OS2. The van der Waals surface area contributed by atoms with Crippen molar-refractivity contribution in [1.29, 1.82) is 5.41 Å². The van der Waals surface area contributed by atoms with E-state index in [0.29, 0.717) is 11.3 Å². The lowest BCUT2D eigenvalue weighted by Gasteiger charge is -2.07. The first-order valence-corrected chi connectivity index (χ1v) is 10.00. The van der Waals surface area contributed by atoms with E-state index in [-0.39, 0.29) is 0 Å². The molecule has 7 nitrogen and oxygen atoms in total. The Morgan fingerprint density at radius 3 is 2.77 bits per heavy atom. The van der Waals surface area contributed by atoms with Gasteiger partial charge in [0.25, 0.3) is 0 Å². The van der Waals surface area contributed by atoms with Gasteiger partial charge >= 0.3 is 0 Å². The van der Waals surface area contributed by atoms with Crippen LogP contribution in [0.2, 0.25) is 0 Å². The summed E-state index contributed by atoms with van der Waals surface area (Å²) in [6.45, 7) is 6.58. The highest BCUT2D eigenvalue weighted by Gasteiger charge is 2.17. The van der Waals surface area contributed by atoms with Crippen molar-refractivity contribution in [3.05, 3.63) is 24.0 Å². The minimum absolute atomic E-state index is 0.520. The van der Waals surface area contributed by atoms with Crippen molar-refractivity contribution in [2.45, 2.75) is 17.7 Å². The fourth-order valence-electron chi connectivity index (χ4n) is 2.14. The van der Waals surface area contributed by atoms with Crippen LogP contribution >= 0.6 is 23.1 Å². The maximum absolute atomic E-state index is 10.9. The van der Waals surface area contributed by atoms with Gasteiger partial charge in [-0.25, -0.2) is 4.98 Å². The zero-order valence-corrected chi connectivity index (χ0v) is 17.5. The van der Waals surface area contributed by atoms with Crippen LogP contribution in [0.1, 0.15) is 29.4 Å². The number of thioether (sulfide) groups is 1. The Labute approximate surface area is 162 Å². The molecule has 0 fully saturated rings. The molecule has 2 heterocycles. The molecule has 26 heavy (non-hydrogen) atoms. The van der Waals surface area contributed by atoms with Gasteiger partial charge in [-0.15, -0.1) is 11.3 Å². The average molecular weight is 395 g/mol. The summed E-state index contributed by atoms with van der Waals surface area (Å²) in [6, 6.07) is 0. The van der Waals surface area contributed by atoms with E-state index in [2.05, 4.69) is 22.0 Å². The third-order valence-corrected chi connectivity index (χ3v) is 5.61. The van der Waals surface area contributed by atoms with Crippen LogP contribution in [0, 0.1) is 5.41 Å². The van der Waals surface area contributed by atoms with Gasteiger partial charge < -0.3 is 15.3 Å². The molecule has 142 valence electrons. The van der Waals surface area contributed by atoms with Gasteiger partial charge in [0.2, 0.25) is 0 Å². The fraction of sp³-hybridized carbons (Fsp3) is 0.412. The Morgan fingerprint density at radius 2 is 2.27 bits per heavy atom. The van der Waals surface area contributed by atoms with Crippen molar-refractivity contribution in [3.63, 3.8) is 0 Å². The van der Waals surface area contributed by atoms with Gasteiger partial charge in [-0.3, -0.25) is 9.80 Å². The topological polar surface area (TPSA) is 86.4 Å². The minimum atomic E-state index is 0.520. The summed E-state index contributed by atoms with van der Waals surface area (Å²) in [5.41, 5.74) is 3.08. The zero-order valence-electron chi connectivity index (χ0n) is 15.9. The number of thiazole rings is 1. The molecule has 0 bridgehead atoms. The van der Waals surface area contributed by atoms with Gasteiger partial charge in [0, 0.05) is 44.3 Å². The molecule has 2 aromatic heterocycles. The van der Waals surface area contributed by atoms with Gasteiger partial charge in [0.1, 0.15) is 0 Å². The molecule has 0 aromatic carbocycles. The van der Waals surface area contributed by atoms with Crippen LogP contribution in [0.4, 0.5) is 0 Å². The quantitative estimate of drug-likeness (QED) is 0.311.